The Morgan fingerprint density at radius 1 is 1.00 bits per heavy atom. The second kappa shape index (κ2) is 16.9. The number of β-amino-alcohol motifs (C(OH)–C–C–N with tert-alkyl or cyclic N) is 1. The van der Waals surface area contributed by atoms with E-state index in [0.717, 1.165) is 45.1 Å². The zero-order chi connectivity index (χ0) is 41.5. The van der Waals surface area contributed by atoms with Crippen molar-refractivity contribution in [1.82, 2.24) is 24.4 Å². The van der Waals surface area contributed by atoms with Gasteiger partial charge in [0.05, 0.1) is 11.2 Å². The molecule has 312 valence electrons. The van der Waals surface area contributed by atoms with Crippen LogP contribution in [-0.2, 0) is 4.74 Å². The molecule has 7 rings (SSSR count). The summed E-state index contributed by atoms with van der Waals surface area (Å²) in [5, 5.41) is 12.3. The van der Waals surface area contributed by atoms with Crippen molar-refractivity contribution < 1.29 is 28.5 Å². The molecule has 2 saturated heterocycles. The molecule has 4 aromatic rings. The van der Waals surface area contributed by atoms with Gasteiger partial charge in [-0.05, 0) is 106 Å². The number of hydrogen-bond donors (Lipinski definition) is 1. The van der Waals surface area contributed by atoms with Gasteiger partial charge in [0.15, 0.2) is 24.1 Å². The van der Waals surface area contributed by atoms with E-state index in [1.54, 1.807) is 18.2 Å². The predicted molar refractivity (Wildman–Crippen MR) is 229 cm³/mol. The molecule has 11 nitrogen and oxygen atoms in total. The average molecular weight is 813 g/mol. The lowest BCUT2D eigenvalue weighted by Gasteiger charge is -2.38. The van der Waals surface area contributed by atoms with E-state index in [-0.39, 0.29) is 41.8 Å². The van der Waals surface area contributed by atoms with Crippen molar-refractivity contribution in [2.45, 2.75) is 128 Å². The van der Waals surface area contributed by atoms with Gasteiger partial charge in [0, 0.05) is 43.2 Å². The minimum Gasteiger partial charge on any atom is -0.468 e. The Labute approximate surface area is 343 Å². The van der Waals surface area contributed by atoms with E-state index in [2.05, 4.69) is 69.9 Å². The minimum atomic E-state index is -2.28. The molecule has 58 heavy (non-hydrogen) atoms. The molecule has 2 aromatic carbocycles. The first-order valence-corrected chi connectivity index (χ1v) is 23.4. The summed E-state index contributed by atoms with van der Waals surface area (Å²) in [5.74, 6) is 3.69. The number of ketones is 1. The number of hydrogen-bond acceptors (Lipinski definition) is 10. The number of carbonyl (C=O) groups is 1. The Kier molecular flexibility index (Phi) is 12.2. The summed E-state index contributed by atoms with van der Waals surface area (Å²) in [5.41, 5.74) is 5.22. The smallest absolute Gasteiger partial charge is 0.320 e. The average Bonchev–Trinajstić information content (AvgIpc) is 3.74. The Morgan fingerprint density at radius 3 is 2.36 bits per heavy atom. The first-order chi connectivity index (χ1) is 27.6. The second-order valence-corrected chi connectivity index (χ2v) is 23.6. The molecule has 3 fully saturated rings. The maximum Gasteiger partial charge on any atom is 0.320 e. The van der Waals surface area contributed by atoms with Crippen LogP contribution in [0.15, 0.2) is 24.3 Å². The molecular weight excluding hydrogens is 752 g/mol. The molecule has 0 amide bonds. The summed E-state index contributed by atoms with van der Waals surface area (Å²) < 4.78 is 35.8. The van der Waals surface area contributed by atoms with Gasteiger partial charge in [-0.15, -0.1) is 5.54 Å². The predicted octanol–water partition coefficient (Wildman–Crippen LogP) is 8.45. The van der Waals surface area contributed by atoms with E-state index in [0.29, 0.717) is 76.2 Å². The number of imidazole rings is 1. The van der Waals surface area contributed by atoms with Crippen LogP contribution in [0.3, 0.4) is 0 Å². The Balaban J connectivity index is 1.45. The number of piperidine rings is 1. The van der Waals surface area contributed by atoms with Crippen molar-refractivity contribution in [3.8, 4) is 23.2 Å². The number of rotatable bonds is 13. The fourth-order valence-electron chi connectivity index (χ4n) is 9.82. The van der Waals surface area contributed by atoms with Gasteiger partial charge in [-0.3, -0.25) is 4.79 Å². The first kappa shape index (κ1) is 42.0. The molecule has 1 N–H and O–H groups in total. The van der Waals surface area contributed by atoms with Crippen LogP contribution < -0.4 is 14.4 Å². The maximum atomic E-state index is 16.3. The quantitative estimate of drug-likeness (QED) is 0.0611. The van der Waals surface area contributed by atoms with E-state index in [1.165, 1.54) is 13.2 Å². The van der Waals surface area contributed by atoms with Gasteiger partial charge in [0.25, 0.3) is 0 Å². The Hall–Kier alpha value is -4.09. The first-order valence-electron chi connectivity index (χ1n) is 21.2. The topological polar surface area (TPSA) is 115 Å². The largest absolute Gasteiger partial charge is 0.468 e. The zero-order valence-electron chi connectivity index (χ0n) is 35.8. The molecule has 2 atom stereocenters. The summed E-state index contributed by atoms with van der Waals surface area (Å²) in [6, 6.07) is 6.98. The van der Waals surface area contributed by atoms with Gasteiger partial charge in [0.2, 0.25) is 5.78 Å². The number of carbonyl (C=O) groups excluding carboxylic acids is 1. The number of likely N-dealkylation sites (tertiary alicyclic amines) is 1. The number of halogens is 1. The molecule has 2 aliphatic heterocycles. The third kappa shape index (κ3) is 7.97. The monoisotopic (exact) mass is 812 g/mol. The minimum absolute atomic E-state index is 0.0274. The number of ether oxygens (including phenoxy) is 3. The van der Waals surface area contributed by atoms with Crippen molar-refractivity contribution >= 4 is 41.6 Å². The van der Waals surface area contributed by atoms with Crippen LogP contribution >= 0.6 is 0 Å². The van der Waals surface area contributed by atoms with E-state index in [1.807, 2.05) is 11.5 Å². The van der Waals surface area contributed by atoms with E-state index >= 15 is 9.18 Å². The fraction of sp³-hybridized carbons (Fsp3) is 0.600. The van der Waals surface area contributed by atoms with Crippen molar-refractivity contribution in [3.63, 3.8) is 0 Å². The SMILES string of the molecule is COCOc1cc(C(=O)c2nc3nc(OC[C@@H]4CCCN4C)nc(N4CCC[C@@](C)(O)C4)c3n2C2CCC2)c2c(C#C[Si](C(C)C)(C(C)C)C(C)C)c(F)ccc2c1. The number of benzene rings is 2. The molecule has 4 heterocycles. The normalized spacial score (nSPS) is 20.7. The standard InChI is InChI=1S/C45H61FN6O5Si/c1-28(2)58(29(3)4,30(5)6)22-18-35-37(46)17-16-31-23-34(57-27-55-9)24-36(38(31)35)40(53)43-47-41-39(52(43)32-13-10-14-32)42(51-21-12-19-45(7,54)26-51)49-44(48-41)56-25-33-15-11-20-50(33)8/h16-17,23-24,28-30,32-33,54H,10-15,19-21,25-27H2,1-9H3/t33-,45+/m0/s1. The highest BCUT2D eigenvalue weighted by Crippen LogP contribution is 2.43. The second-order valence-electron chi connectivity index (χ2n) is 18.0. The van der Waals surface area contributed by atoms with Crippen molar-refractivity contribution in [2.24, 2.45) is 0 Å². The fourth-order valence-corrected chi connectivity index (χ4v) is 15.0. The number of aromatic nitrogens is 4. The van der Waals surface area contributed by atoms with Gasteiger partial charge >= 0.3 is 6.01 Å². The van der Waals surface area contributed by atoms with Gasteiger partial charge in [-0.1, -0.05) is 53.5 Å². The highest BCUT2D eigenvalue weighted by Gasteiger charge is 2.42. The van der Waals surface area contributed by atoms with Crippen LogP contribution in [0.4, 0.5) is 10.2 Å². The number of aliphatic hydroxyl groups is 1. The van der Waals surface area contributed by atoms with Crippen LogP contribution in [0.2, 0.25) is 16.6 Å². The van der Waals surface area contributed by atoms with E-state index in [9.17, 15) is 5.11 Å². The number of methoxy groups -OCH3 is 1. The van der Waals surface area contributed by atoms with Crippen LogP contribution in [-0.4, -0.2) is 102 Å². The molecule has 1 aliphatic carbocycles. The van der Waals surface area contributed by atoms with Crippen molar-refractivity contribution in [2.75, 3.05) is 52.1 Å². The van der Waals surface area contributed by atoms with Crippen LogP contribution in [0, 0.1) is 17.3 Å². The lowest BCUT2D eigenvalue weighted by atomic mass is 9.91. The molecule has 0 radical (unpaired) electrons. The molecule has 0 bridgehead atoms. The third-order valence-electron chi connectivity index (χ3n) is 13.1. The van der Waals surface area contributed by atoms with Gasteiger partial charge in [0.1, 0.15) is 31.8 Å². The number of nitrogens with zero attached hydrogens (tertiary/aromatic N) is 6. The van der Waals surface area contributed by atoms with Crippen molar-refractivity contribution in [1.29, 1.82) is 0 Å². The van der Waals surface area contributed by atoms with Crippen LogP contribution in [0.25, 0.3) is 21.9 Å². The molecule has 0 unspecified atom stereocenters. The zero-order valence-corrected chi connectivity index (χ0v) is 36.8. The van der Waals surface area contributed by atoms with Crippen molar-refractivity contribution in [3.05, 3.63) is 47.0 Å². The summed E-state index contributed by atoms with van der Waals surface area (Å²) in [6.07, 6.45) is 6.29. The Bertz CT molecular complexity index is 2200. The van der Waals surface area contributed by atoms with Crippen LogP contribution in [0.1, 0.15) is 121 Å². The molecular formula is C45H61FN6O5Si. The number of anilines is 1. The summed E-state index contributed by atoms with van der Waals surface area (Å²) >= 11 is 0. The van der Waals surface area contributed by atoms with Gasteiger partial charge < -0.3 is 33.7 Å². The summed E-state index contributed by atoms with van der Waals surface area (Å²) in [7, 11) is 1.36. The van der Waals surface area contributed by atoms with E-state index < -0.39 is 25.3 Å². The lowest BCUT2D eigenvalue weighted by Crippen LogP contribution is -2.46. The summed E-state index contributed by atoms with van der Waals surface area (Å²) in [4.78, 5) is 34.8. The number of fused-ring (bicyclic) bond motifs is 2. The molecule has 13 heteroatoms. The van der Waals surface area contributed by atoms with Gasteiger partial charge in [-0.2, -0.15) is 9.97 Å². The summed E-state index contributed by atoms with van der Waals surface area (Å²) in [6.45, 7) is 17.7. The maximum absolute atomic E-state index is 16.3. The third-order valence-corrected chi connectivity index (χ3v) is 19.4. The molecule has 1 saturated carbocycles. The van der Waals surface area contributed by atoms with E-state index in [4.69, 9.17) is 29.2 Å². The number of likely N-dealkylation sites (N-methyl/N-ethyl adjacent to an activating group) is 1. The molecule has 0 spiro atoms. The molecule has 2 aromatic heterocycles. The Morgan fingerprint density at radius 2 is 1.74 bits per heavy atom. The highest BCUT2D eigenvalue weighted by atomic mass is 28.3. The lowest BCUT2D eigenvalue weighted by molar-refractivity contribution is 0.0447. The van der Waals surface area contributed by atoms with Gasteiger partial charge in [-0.25, -0.2) is 9.37 Å². The highest BCUT2D eigenvalue weighted by molar-refractivity contribution is 6.90. The van der Waals surface area contributed by atoms with Crippen LogP contribution in [0.5, 0.6) is 11.8 Å². The molecule has 3 aliphatic rings.